The molecule has 0 unspecified atom stereocenters. The standard InChI is InChI=1S/C11H18O2P/c1-4-10-12-14(2,3)13-11-8-6-5-7-9-11/h5-9H,4,10H2,1-3H3/q+1. The molecule has 0 N–H and O–H groups in total. The molecule has 0 aliphatic rings. The van der Waals surface area contributed by atoms with E-state index in [1.54, 1.807) is 0 Å². The van der Waals surface area contributed by atoms with Gasteiger partial charge in [-0.25, -0.2) is 0 Å². The Morgan fingerprint density at radius 2 is 1.79 bits per heavy atom. The molecule has 78 valence electrons. The first-order valence-electron chi connectivity index (χ1n) is 4.87. The molecule has 0 fully saturated rings. The van der Waals surface area contributed by atoms with Gasteiger partial charge in [0.25, 0.3) is 0 Å². The van der Waals surface area contributed by atoms with E-state index in [2.05, 4.69) is 6.92 Å². The summed E-state index contributed by atoms with van der Waals surface area (Å²) in [5.74, 6) is 0.891. The monoisotopic (exact) mass is 213 g/mol. The number of hydrogen-bond acceptors (Lipinski definition) is 2. The zero-order valence-corrected chi connectivity index (χ0v) is 9.96. The predicted molar refractivity (Wildman–Crippen MR) is 62.1 cm³/mol. The van der Waals surface area contributed by atoms with Gasteiger partial charge in [-0.15, -0.1) is 0 Å². The van der Waals surface area contributed by atoms with E-state index in [0.717, 1.165) is 18.8 Å². The predicted octanol–water partition coefficient (Wildman–Crippen LogP) is 3.60. The second kappa shape index (κ2) is 5.33. The minimum absolute atomic E-state index is 0.771. The molecule has 3 heteroatoms. The van der Waals surface area contributed by atoms with Crippen molar-refractivity contribution in [2.45, 2.75) is 13.3 Å². The van der Waals surface area contributed by atoms with Crippen LogP contribution in [0.3, 0.4) is 0 Å². The summed E-state index contributed by atoms with van der Waals surface area (Å²) in [7, 11) is -1.68. The molecule has 0 saturated carbocycles. The lowest BCUT2D eigenvalue weighted by atomic mass is 10.3. The van der Waals surface area contributed by atoms with Crippen LogP contribution in [0.25, 0.3) is 0 Å². The fourth-order valence-corrected chi connectivity index (χ4v) is 2.38. The van der Waals surface area contributed by atoms with Crippen LogP contribution in [-0.4, -0.2) is 19.9 Å². The van der Waals surface area contributed by atoms with Crippen LogP contribution in [0.2, 0.25) is 0 Å². The molecule has 1 aromatic carbocycles. The molecule has 0 amide bonds. The van der Waals surface area contributed by atoms with Gasteiger partial charge in [-0.05, 0) is 18.6 Å². The van der Waals surface area contributed by atoms with Crippen molar-refractivity contribution >= 4 is 7.72 Å². The molecule has 0 radical (unpaired) electrons. The summed E-state index contributed by atoms with van der Waals surface area (Å²) >= 11 is 0. The van der Waals surface area contributed by atoms with Crippen molar-refractivity contribution in [1.82, 2.24) is 0 Å². The molecule has 0 atom stereocenters. The topological polar surface area (TPSA) is 18.5 Å². The lowest BCUT2D eigenvalue weighted by Gasteiger charge is -2.15. The van der Waals surface area contributed by atoms with Crippen LogP contribution < -0.4 is 4.52 Å². The highest BCUT2D eigenvalue weighted by atomic mass is 31.2. The summed E-state index contributed by atoms with van der Waals surface area (Å²) in [5.41, 5.74) is 0. The summed E-state index contributed by atoms with van der Waals surface area (Å²) in [6.07, 6.45) is 1.03. The van der Waals surface area contributed by atoms with Crippen molar-refractivity contribution in [3.63, 3.8) is 0 Å². The molecule has 0 heterocycles. The Morgan fingerprint density at radius 1 is 1.14 bits per heavy atom. The Morgan fingerprint density at radius 3 is 2.36 bits per heavy atom. The lowest BCUT2D eigenvalue weighted by molar-refractivity contribution is 0.303. The fourth-order valence-electron chi connectivity index (χ4n) is 1.07. The van der Waals surface area contributed by atoms with Crippen molar-refractivity contribution < 1.29 is 9.05 Å². The van der Waals surface area contributed by atoms with E-state index < -0.39 is 7.72 Å². The summed E-state index contributed by atoms with van der Waals surface area (Å²) < 4.78 is 11.5. The average molecular weight is 213 g/mol. The van der Waals surface area contributed by atoms with E-state index in [1.807, 2.05) is 43.7 Å². The van der Waals surface area contributed by atoms with Crippen molar-refractivity contribution in [2.75, 3.05) is 19.9 Å². The van der Waals surface area contributed by atoms with Gasteiger partial charge >= 0.3 is 7.72 Å². The van der Waals surface area contributed by atoms with Gasteiger partial charge < -0.3 is 4.52 Å². The summed E-state index contributed by atoms with van der Waals surface area (Å²) in [5, 5.41) is 0. The molecule has 0 spiro atoms. The third kappa shape index (κ3) is 4.08. The molecule has 0 aliphatic heterocycles. The molecule has 1 rings (SSSR count). The van der Waals surface area contributed by atoms with Crippen LogP contribution in [-0.2, 0) is 4.52 Å². The van der Waals surface area contributed by atoms with Gasteiger partial charge in [-0.3, -0.25) is 0 Å². The number of rotatable bonds is 5. The maximum Gasteiger partial charge on any atom is 0.313 e. The molecule has 0 saturated heterocycles. The highest BCUT2D eigenvalue weighted by Gasteiger charge is 2.29. The van der Waals surface area contributed by atoms with Gasteiger partial charge in [0.05, 0.1) is 6.61 Å². The van der Waals surface area contributed by atoms with E-state index in [4.69, 9.17) is 9.05 Å². The van der Waals surface area contributed by atoms with E-state index >= 15 is 0 Å². The minimum atomic E-state index is -1.68. The maximum atomic E-state index is 5.79. The second-order valence-corrected chi connectivity index (χ2v) is 6.43. The first-order valence-corrected chi connectivity index (χ1v) is 7.39. The first kappa shape index (κ1) is 11.5. The maximum absolute atomic E-state index is 5.79. The van der Waals surface area contributed by atoms with Gasteiger partial charge in [0.1, 0.15) is 13.3 Å². The molecular weight excluding hydrogens is 195 g/mol. The van der Waals surface area contributed by atoms with E-state index in [1.165, 1.54) is 0 Å². The van der Waals surface area contributed by atoms with Crippen LogP contribution in [0.5, 0.6) is 5.75 Å². The normalized spacial score (nSPS) is 11.4. The zero-order chi connectivity index (χ0) is 10.4. The molecule has 0 bridgehead atoms. The molecule has 1 aromatic rings. The summed E-state index contributed by atoms with van der Waals surface area (Å²) in [6, 6.07) is 9.82. The van der Waals surface area contributed by atoms with Gasteiger partial charge in [0.15, 0.2) is 5.75 Å². The van der Waals surface area contributed by atoms with E-state index in [-0.39, 0.29) is 0 Å². The van der Waals surface area contributed by atoms with Crippen molar-refractivity contribution in [3.05, 3.63) is 30.3 Å². The SMILES string of the molecule is CCCO[P+](C)(C)Oc1ccccc1. The third-order valence-electron chi connectivity index (χ3n) is 1.67. The van der Waals surface area contributed by atoms with Gasteiger partial charge in [0, 0.05) is 0 Å². The van der Waals surface area contributed by atoms with Gasteiger partial charge in [-0.2, -0.15) is 4.52 Å². The Balaban J connectivity index is 2.50. The van der Waals surface area contributed by atoms with Gasteiger partial charge in [-0.1, -0.05) is 25.1 Å². The van der Waals surface area contributed by atoms with Gasteiger partial charge in [0.2, 0.25) is 0 Å². The second-order valence-electron chi connectivity index (χ2n) is 3.49. The van der Waals surface area contributed by atoms with Crippen molar-refractivity contribution in [2.24, 2.45) is 0 Å². The van der Waals surface area contributed by atoms with Crippen LogP contribution in [0, 0.1) is 0 Å². The lowest BCUT2D eigenvalue weighted by Crippen LogP contribution is -2.03. The Labute approximate surface area is 86.7 Å². The van der Waals surface area contributed by atoms with Crippen LogP contribution in [0.15, 0.2) is 30.3 Å². The number of para-hydroxylation sites is 1. The summed E-state index contributed by atoms with van der Waals surface area (Å²) in [4.78, 5) is 0. The molecule has 0 aromatic heterocycles. The molecule has 14 heavy (non-hydrogen) atoms. The number of benzene rings is 1. The quantitative estimate of drug-likeness (QED) is 0.696. The Kier molecular flexibility index (Phi) is 4.37. The molecular formula is C11H18O2P+. The smallest absolute Gasteiger partial charge is 0.313 e. The largest absolute Gasteiger partial charge is 0.320 e. The van der Waals surface area contributed by atoms with Crippen LogP contribution in [0.1, 0.15) is 13.3 Å². The number of hydrogen-bond donors (Lipinski definition) is 0. The van der Waals surface area contributed by atoms with Crippen LogP contribution in [0.4, 0.5) is 0 Å². The molecule has 0 aliphatic carbocycles. The molecule has 2 nitrogen and oxygen atoms in total. The minimum Gasteiger partial charge on any atom is -0.320 e. The van der Waals surface area contributed by atoms with E-state index in [9.17, 15) is 0 Å². The van der Waals surface area contributed by atoms with E-state index in [0.29, 0.717) is 0 Å². The fraction of sp³-hybridized carbons (Fsp3) is 0.455. The first-order chi connectivity index (χ1) is 6.64. The average Bonchev–Trinajstić information content (AvgIpc) is 2.16. The highest BCUT2D eigenvalue weighted by Crippen LogP contribution is 2.53. The summed E-state index contributed by atoms with van der Waals surface area (Å²) in [6.45, 7) is 6.95. The highest BCUT2D eigenvalue weighted by molar-refractivity contribution is 7.65. The van der Waals surface area contributed by atoms with Crippen molar-refractivity contribution in [1.29, 1.82) is 0 Å². The Hall–Kier alpha value is -0.590. The van der Waals surface area contributed by atoms with Crippen molar-refractivity contribution in [3.8, 4) is 5.75 Å². The third-order valence-corrected chi connectivity index (χ3v) is 3.13. The van der Waals surface area contributed by atoms with Crippen LogP contribution >= 0.6 is 7.72 Å². The Bertz CT molecular complexity index is 259. The zero-order valence-electron chi connectivity index (χ0n) is 9.06.